The zero-order chi connectivity index (χ0) is 20.8. The molecule has 1 fully saturated rings. The third-order valence-electron chi connectivity index (χ3n) is 5.65. The molecule has 1 aliphatic rings. The highest BCUT2D eigenvalue weighted by Gasteiger charge is 2.17. The monoisotopic (exact) mass is 398 g/mol. The van der Waals surface area contributed by atoms with Crippen LogP contribution in [0, 0.1) is 5.92 Å². The second-order valence-corrected chi connectivity index (χ2v) is 8.55. The van der Waals surface area contributed by atoms with Gasteiger partial charge in [0.1, 0.15) is 0 Å². The zero-order valence-electron chi connectivity index (χ0n) is 17.9. The Hall–Kier alpha value is -2.34. The van der Waals surface area contributed by atoms with Crippen molar-refractivity contribution >= 4 is 22.5 Å². The van der Waals surface area contributed by atoms with E-state index in [1.54, 1.807) is 10.8 Å². The average molecular weight is 399 g/mol. The minimum absolute atomic E-state index is 0.0177. The molecule has 1 aliphatic heterocycles. The van der Waals surface area contributed by atoms with Crippen LogP contribution in [0.4, 0.5) is 10.5 Å². The number of likely N-dealkylation sites (tertiary alicyclic amines) is 1. The van der Waals surface area contributed by atoms with Gasteiger partial charge in [0.2, 0.25) is 0 Å². The predicted molar refractivity (Wildman–Crippen MR) is 120 cm³/mol. The summed E-state index contributed by atoms with van der Waals surface area (Å²) in [6.07, 6.45) is 6.57. The number of rotatable bonds is 7. The van der Waals surface area contributed by atoms with Crippen LogP contribution < -0.4 is 16.2 Å². The van der Waals surface area contributed by atoms with Crippen LogP contribution in [0.1, 0.15) is 46.5 Å². The van der Waals surface area contributed by atoms with E-state index in [0.29, 0.717) is 36.1 Å². The summed E-state index contributed by atoms with van der Waals surface area (Å²) in [7, 11) is 0. The summed E-state index contributed by atoms with van der Waals surface area (Å²) in [5, 5.41) is 7.31. The topological polar surface area (TPSA) is 66.4 Å². The summed E-state index contributed by atoms with van der Waals surface area (Å²) < 4.78 is 1.69. The molecule has 0 unspecified atom stereocenters. The Morgan fingerprint density at radius 1 is 1.21 bits per heavy atom. The van der Waals surface area contributed by atoms with E-state index in [4.69, 9.17) is 0 Å². The normalized spacial score (nSPS) is 17.6. The lowest BCUT2D eigenvalue weighted by Crippen LogP contribution is -2.39. The molecule has 0 radical (unpaired) electrons. The number of nitrogens with one attached hydrogen (secondary N) is 2. The number of carbonyl (C=O) groups excluding carboxylic acids is 1. The molecule has 1 aromatic carbocycles. The van der Waals surface area contributed by atoms with Crippen molar-refractivity contribution in [3.63, 3.8) is 0 Å². The van der Waals surface area contributed by atoms with E-state index in [2.05, 4.69) is 36.3 Å². The van der Waals surface area contributed by atoms with Crippen LogP contribution in [0.25, 0.3) is 10.8 Å². The van der Waals surface area contributed by atoms with Gasteiger partial charge >= 0.3 is 6.03 Å². The number of nitrogens with zero attached hydrogens (tertiary/aromatic N) is 2. The van der Waals surface area contributed by atoms with E-state index in [0.717, 1.165) is 24.9 Å². The van der Waals surface area contributed by atoms with Crippen LogP contribution in [0.2, 0.25) is 0 Å². The molecule has 0 saturated carbocycles. The van der Waals surface area contributed by atoms with Crippen LogP contribution >= 0.6 is 0 Å². The number of pyridine rings is 1. The highest BCUT2D eigenvalue weighted by molar-refractivity contribution is 6.00. The van der Waals surface area contributed by atoms with Gasteiger partial charge in [-0.15, -0.1) is 0 Å². The molecule has 0 spiro atoms. The van der Waals surface area contributed by atoms with Gasteiger partial charge in [0.15, 0.2) is 0 Å². The first-order chi connectivity index (χ1) is 14.0. The molecular weight excluding hydrogens is 364 g/mol. The molecule has 1 saturated heterocycles. The average Bonchev–Trinajstić information content (AvgIpc) is 2.70. The second-order valence-electron chi connectivity index (χ2n) is 8.55. The van der Waals surface area contributed by atoms with E-state index < -0.39 is 0 Å². The summed E-state index contributed by atoms with van der Waals surface area (Å²) >= 11 is 0. The highest BCUT2D eigenvalue weighted by Crippen LogP contribution is 2.21. The lowest BCUT2D eigenvalue weighted by atomic mass is 10.0. The maximum atomic E-state index is 12.7. The minimum atomic E-state index is -0.225. The Labute approximate surface area is 173 Å². The Kier molecular flexibility index (Phi) is 7.31. The number of aromatic nitrogens is 1. The summed E-state index contributed by atoms with van der Waals surface area (Å²) in [6, 6.07) is 7.86. The smallest absolute Gasteiger partial charge is 0.319 e. The molecule has 29 heavy (non-hydrogen) atoms. The van der Waals surface area contributed by atoms with Gasteiger partial charge in [-0.3, -0.25) is 4.79 Å². The number of benzene rings is 1. The lowest BCUT2D eigenvalue weighted by molar-refractivity contribution is 0.159. The first kappa shape index (κ1) is 21.4. The molecule has 3 rings (SSSR count). The minimum Gasteiger partial charge on any atom is -0.338 e. The number of carbonyl (C=O) groups is 1. The number of urea groups is 1. The second kappa shape index (κ2) is 9.92. The van der Waals surface area contributed by atoms with Crippen molar-refractivity contribution < 1.29 is 4.79 Å². The van der Waals surface area contributed by atoms with Crippen molar-refractivity contribution in [3.05, 3.63) is 40.8 Å². The number of hydrogen-bond donors (Lipinski definition) is 2. The van der Waals surface area contributed by atoms with Gasteiger partial charge in [-0.05, 0) is 44.7 Å². The van der Waals surface area contributed by atoms with Crippen molar-refractivity contribution in [2.75, 3.05) is 25.0 Å². The van der Waals surface area contributed by atoms with Gasteiger partial charge < -0.3 is 20.1 Å². The number of amides is 2. The van der Waals surface area contributed by atoms with Crippen LogP contribution in [-0.2, 0) is 6.54 Å². The number of anilines is 1. The predicted octanol–water partition coefficient (Wildman–Crippen LogP) is 4.04. The molecule has 158 valence electrons. The molecule has 2 heterocycles. The molecule has 0 aliphatic carbocycles. The molecule has 1 atom stereocenters. The SMILES string of the molecule is CC(C)Cn1cc(NC(=O)NCCCN2CCCC[C@@H]2C)c2ccccc2c1=O. The third kappa shape index (κ3) is 5.60. The van der Waals surface area contributed by atoms with Crippen molar-refractivity contribution in [2.45, 2.75) is 59.0 Å². The van der Waals surface area contributed by atoms with Crippen LogP contribution in [0.5, 0.6) is 0 Å². The largest absolute Gasteiger partial charge is 0.338 e. The fraction of sp³-hybridized carbons (Fsp3) is 0.565. The van der Waals surface area contributed by atoms with Gasteiger partial charge in [0, 0.05) is 42.6 Å². The molecule has 0 bridgehead atoms. The summed E-state index contributed by atoms with van der Waals surface area (Å²) in [5.41, 5.74) is 0.652. The molecular formula is C23H34N4O2. The number of hydrogen-bond acceptors (Lipinski definition) is 3. The molecule has 2 amide bonds. The first-order valence-electron chi connectivity index (χ1n) is 10.9. The van der Waals surface area contributed by atoms with Crippen molar-refractivity contribution in [1.29, 1.82) is 0 Å². The zero-order valence-corrected chi connectivity index (χ0v) is 17.9. The third-order valence-corrected chi connectivity index (χ3v) is 5.65. The van der Waals surface area contributed by atoms with E-state index in [9.17, 15) is 9.59 Å². The fourth-order valence-electron chi connectivity index (χ4n) is 4.11. The van der Waals surface area contributed by atoms with Gasteiger partial charge in [0.05, 0.1) is 5.69 Å². The van der Waals surface area contributed by atoms with Crippen LogP contribution in [0.3, 0.4) is 0 Å². The maximum absolute atomic E-state index is 12.7. The van der Waals surface area contributed by atoms with Crippen LogP contribution in [0.15, 0.2) is 35.3 Å². The Morgan fingerprint density at radius 2 is 1.97 bits per heavy atom. The summed E-state index contributed by atoms with van der Waals surface area (Å²) in [4.78, 5) is 27.7. The van der Waals surface area contributed by atoms with Crippen molar-refractivity contribution in [2.24, 2.45) is 5.92 Å². The Balaban J connectivity index is 1.62. The Bertz CT molecular complexity index is 890. The number of fused-ring (bicyclic) bond motifs is 1. The maximum Gasteiger partial charge on any atom is 0.319 e. The first-order valence-corrected chi connectivity index (χ1v) is 10.9. The standard InChI is InChI=1S/C23H34N4O2/c1-17(2)15-27-16-21(19-10-4-5-11-20(19)22(27)28)25-23(29)24-12-8-14-26-13-7-6-9-18(26)3/h4-5,10-11,16-18H,6-9,12-15H2,1-3H3,(H2,24,25,29)/t18-/m0/s1. The molecule has 2 aromatic rings. The van der Waals surface area contributed by atoms with Gasteiger partial charge in [-0.25, -0.2) is 4.79 Å². The van der Waals surface area contributed by atoms with E-state index in [1.807, 2.05) is 24.3 Å². The quantitative estimate of drug-likeness (QED) is 0.692. The lowest BCUT2D eigenvalue weighted by Gasteiger charge is -2.33. The molecule has 2 N–H and O–H groups in total. The van der Waals surface area contributed by atoms with Crippen molar-refractivity contribution in [1.82, 2.24) is 14.8 Å². The highest BCUT2D eigenvalue weighted by atomic mass is 16.2. The summed E-state index contributed by atoms with van der Waals surface area (Å²) in [5.74, 6) is 0.340. The van der Waals surface area contributed by atoms with Gasteiger partial charge in [-0.1, -0.05) is 38.5 Å². The molecule has 1 aromatic heterocycles. The van der Waals surface area contributed by atoms with E-state index in [1.165, 1.54) is 19.3 Å². The molecule has 6 heteroatoms. The summed E-state index contributed by atoms with van der Waals surface area (Å²) in [6.45, 7) is 9.87. The van der Waals surface area contributed by atoms with E-state index >= 15 is 0 Å². The molecule has 6 nitrogen and oxygen atoms in total. The van der Waals surface area contributed by atoms with Gasteiger partial charge in [0.25, 0.3) is 5.56 Å². The van der Waals surface area contributed by atoms with Gasteiger partial charge in [-0.2, -0.15) is 0 Å². The number of piperidine rings is 1. The van der Waals surface area contributed by atoms with Crippen molar-refractivity contribution in [3.8, 4) is 0 Å². The fourth-order valence-corrected chi connectivity index (χ4v) is 4.11. The Morgan fingerprint density at radius 3 is 2.69 bits per heavy atom. The van der Waals surface area contributed by atoms with E-state index in [-0.39, 0.29) is 11.6 Å². The van der Waals surface area contributed by atoms with Crippen LogP contribution in [-0.4, -0.2) is 41.2 Å².